The highest BCUT2D eigenvalue weighted by molar-refractivity contribution is 8.00. The number of hydrogen-bond donors (Lipinski definition) is 3. The van der Waals surface area contributed by atoms with Crippen molar-refractivity contribution in [2.45, 2.75) is 22.9 Å². The molecule has 2 aromatic heterocycles. The molecule has 3 N–H and O–H groups in total. The quantitative estimate of drug-likeness (QED) is 0.379. The van der Waals surface area contributed by atoms with Crippen LogP contribution in [0.15, 0.2) is 65.0 Å². The van der Waals surface area contributed by atoms with Crippen molar-refractivity contribution < 1.29 is 9.59 Å². The Morgan fingerprint density at radius 2 is 1.90 bits per heavy atom. The van der Waals surface area contributed by atoms with Gasteiger partial charge in [-0.25, -0.2) is 4.98 Å². The van der Waals surface area contributed by atoms with Gasteiger partial charge < -0.3 is 10.6 Å². The lowest BCUT2D eigenvalue weighted by Crippen LogP contribution is -2.41. The number of thioether (sulfide) groups is 1. The summed E-state index contributed by atoms with van der Waals surface area (Å²) in [4.78, 5) is 29.3. The lowest BCUT2D eigenvalue weighted by Gasteiger charge is -2.12. The van der Waals surface area contributed by atoms with Crippen LogP contribution in [0.1, 0.15) is 23.0 Å². The molecule has 0 aliphatic rings. The lowest BCUT2D eigenvalue weighted by atomic mass is 10.2. The number of H-pyrrole nitrogens is 1. The van der Waals surface area contributed by atoms with E-state index in [4.69, 9.17) is 0 Å². The highest BCUT2D eigenvalue weighted by atomic mass is 32.2. The summed E-state index contributed by atoms with van der Waals surface area (Å²) in [5, 5.41) is 13.5. The highest BCUT2D eigenvalue weighted by Gasteiger charge is 2.21. The van der Waals surface area contributed by atoms with Crippen LogP contribution in [-0.2, 0) is 10.5 Å². The van der Waals surface area contributed by atoms with Crippen molar-refractivity contribution in [3.05, 3.63) is 72.1 Å². The Labute approximate surface area is 181 Å². The van der Waals surface area contributed by atoms with Gasteiger partial charge in [0, 0.05) is 11.1 Å². The van der Waals surface area contributed by atoms with Crippen LogP contribution >= 0.6 is 23.1 Å². The van der Waals surface area contributed by atoms with Crippen molar-refractivity contribution in [3.63, 3.8) is 0 Å². The molecule has 2 heterocycles. The van der Waals surface area contributed by atoms with Crippen LogP contribution in [-0.4, -0.2) is 33.0 Å². The maximum Gasteiger partial charge on any atom is 0.273 e. The lowest BCUT2D eigenvalue weighted by molar-refractivity contribution is -0.117. The van der Waals surface area contributed by atoms with Crippen molar-refractivity contribution in [1.82, 2.24) is 20.5 Å². The first-order valence-corrected chi connectivity index (χ1v) is 11.1. The third kappa shape index (κ3) is 4.69. The normalized spacial score (nSPS) is 11.9. The van der Waals surface area contributed by atoms with Crippen LogP contribution in [0.5, 0.6) is 0 Å². The Balaban J connectivity index is 1.32. The summed E-state index contributed by atoms with van der Waals surface area (Å²) in [5.74, 6) is 0.0889. The van der Waals surface area contributed by atoms with E-state index in [1.54, 1.807) is 24.9 Å². The van der Waals surface area contributed by atoms with Crippen molar-refractivity contribution >= 4 is 50.9 Å². The molecule has 0 saturated heterocycles. The Hall–Kier alpha value is -3.17. The first kappa shape index (κ1) is 20.1. The van der Waals surface area contributed by atoms with E-state index >= 15 is 0 Å². The molecule has 1 atom stereocenters. The minimum Gasteiger partial charge on any atom is -0.339 e. The van der Waals surface area contributed by atoms with E-state index in [-0.39, 0.29) is 11.6 Å². The molecule has 0 bridgehead atoms. The van der Waals surface area contributed by atoms with Gasteiger partial charge >= 0.3 is 0 Å². The first-order valence-electron chi connectivity index (χ1n) is 9.27. The van der Waals surface area contributed by atoms with E-state index in [9.17, 15) is 9.59 Å². The van der Waals surface area contributed by atoms with Crippen LogP contribution in [0.2, 0.25) is 0 Å². The van der Waals surface area contributed by atoms with Gasteiger partial charge in [0.1, 0.15) is 6.04 Å². The molecule has 0 aliphatic heterocycles. The second-order valence-corrected chi connectivity index (χ2v) is 8.87. The third-order valence-corrected chi connectivity index (χ3v) is 6.54. The molecular formula is C21H19N5O2S2. The molecule has 0 aliphatic carbocycles. The molecule has 0 fully saturated rings. The number of aromatic amines is 1. The summed E-state index contributed by atoms with van der Waals surface area (Å²) >= 11 is 3.07. The van der Waals surface area contributed by atoms with Gasteiger partial charge in [-0.2, -0.15) is 5.10 Å². The smallest absolute Gasteiger partial charge is 0.273 e. The maximum absolute atomic E-state index is 12.5. The van der Waals surface area contributed by atoms with Crippen molar-refractivity contribution in [2.24, 2.45) is 0 Å². The second-order valence-electron chi connectivity index (χ2n) is 6.56. The zero-order valence-corrected chi connectivity index (χ0v) is 17.7. The molecule has 0 spiro atoms. The number of rotatable bonds is 7. The van der Waals surface area contributed by atoms with Crippen LogP contribution < -0.4 is 10.6 Å². The molecule has 2 amide bonds. The Kier molecular flexibility index (Phi) is 6.10. The van der Waals surface area contributed by atoms with E-state index in [2.05, 4.69) is 37.9 Å². The predicted molar refractivity (Wildman–Crippen MR) is 120 cm³/mol. The van der Waals surface area contributed by atoms with E-state index in [0.29, 0.717) is 10.5 Å². The zero-order chi connectivity index (χ0) is 20.9. The van der Waals surface area contributed by atoms with E-state index in [1.807, 2.05) is 42.5 Å². The average Bonchev–Trinajstić information content (AvgIpc) is 3.39. The monoisotopic (exact) mass is 437 g/mol. The summed E-state index contributed by atoms with van der Waals surface area (Å²) in [7, 11) is 0. The van der Waals surface area contributed by atoms with Crippen molar-refractivity contribution in [2.75, 3.05) is 5.32 Å². The van der Waals surface area contributed by atoms with Gasteiger partial charge in [-0.1, -0.05) is 59.9 Å². The number of para-hydroxylation sites is 1. The van der Waals surface area contributed by atoms with Gasteiger partial charge in [-0.05, 0) is 18.6 Å². The topological polar surface area (TPSA) is 99.8 Å². The molecule has 1 unspecified atom stereocenters. The molecule has 152 valence electrons. The fraction of sp³-hybridized carbons (Fsp3) is 0.143. The molecular weight excluding hydrogens is 418 g/mol. The number of amides is 2. The average molecular weight is 438 g/mol. The summed E-state index contributed by atoms with van der Waals surface area (Å²) in [6.07, 6.45) is 1.74. The Morgan fingerprint density at radius 3 is 2.73 bits per heavy atom. The van der Waals surface area contributed by atoms with Gasteiger partial charge in [0.05, 0.1) is 15.9 Å². The summed E-state index contributed by atoms with van der Waals surface area (Å²) in [6, 6.07) is 16.8. The number of anilines is 1. The predicted octanol–water partition coefficient (Wildman–Crippen LogP) is 4.07. The molecule has 30 heavy (non-hydrogen) atoms. The number of carbonyl (C=O) groups is 2. The maximum atomic E-state index is 12.5. The minimum atomic E-state index is -0.739. The Bertz CT molecular complexity index is 1170. The van der Waals surface area contributed by atoms with Crippen molar-refractivity contribution in [1.29, 1.82) is 0 Å². The fourth-order valence-corrected chi connectivity index (χ4v) is 4.62. The zero-order valence-electron chi connectivity index (χ0n) is 16.1. The summed E-state index contributed by atoms with van der Waals surface area (Å²) < 4.78 is 1.01. The van der Waals surface area contributed by atoms with Crippen LogP contribution in [0.4, 0.5) is 5.13 Å². The van der Waals surface area contributed by atoms with E-state index < -0.39 is 11.9 Å². The van der Waals surface area contributed by atoms with E-state index in [0.717, 1.165) is 15.5 Å². The minimum absolute atomic E-state index is 0.263. The fourth-order valence-electron chi connectivity index (χ4n) is 2.79. The number of benzene rings is 2. The number of nitrogens with one attached hydrogen (secondary N) is 3. The van der Waals surface area contributed by atoms with E-state index in [1.165, 1.54) is 16.9 Å². The number of hydrogen-bond acceptors (Lipinski definition) is 6. The molecule has 2 aromatic carbocycles. The van der Waals surface area contributed by atoms with Crippen LogP contribution in [0.3, 0.4) is 0 Å². The van der Waals surface area contributed by atoms with Gasteiger partial charge in [0.2, 0.25) is 5.91 Å². The number of carbonyl (C=O) groups excluding carboxylic acids is 2. The number of fused-ring (bicyclic) bond motifs is 1. The summed E-state index contributed by atoms with van der Waals surface area (Å²) in [5.41, 5.74) is 2.26. The van der Waals surface area contributed by atoms with Gasteiger partial charge in [-0.15, -0.1) is 11.8 Å². The molecule has 4 aromatic rings. The van der Waals surface area contributed by atoms with Crippen LogP contribution in [0, 0.1) is 0 Å². The molecule has 4 rings (SSSR count). The highest BCUT2D eigenvalue weighted by Crippen LogP contribution is 2.30. The standard InChI is InChI=1S/C21H19N5O2S2/c1-13(23-20(28)18-15-9-5-6-10-16(15)25-26-18)19(27)24-21-22-11-17(30-21)29-12-14-7-3-2-4-8-14/h2-11,13H,12H2,1H3,(H,23,28)(H,25,26)(H,22,24,27). The molecule has 0 radical (unpaired) electrons. The first-order chi connectivity index (χ1) is 14.6. The molecule has 7 nitrogen and oxygen atoms in total. The number of thiazole rings is 1. The van der Waals surface area contributed by atoms with Crippen molar-refractivity contribution in [3.8, 4) is 0 Å². The molecule has 0 saturated carbocycles. The molecule has 9 heteroatoms. The number of nitrogens with zero attached hydrogens (tertiary/aromatic N) is 2. The van der Waals surface area contributed by atoms with Gasteiger partial charge in [-0.3, -0.25) is 14.7 Å². The summed E-state index contributed by atoms with van der Waals surface area (Å²) in [6.45, 7) is 1.63. The van der Waals surface area contributed by atoms with Crippen LogP contribution in [0.25, 0.3) is 10.9 Å². The SMILES string of the molecule is CC(NC(=O)c1n[nH]c2ccccc12)C(=O)Nc1ncc(SCc2ccccc2)s1. The number of aromatic nitrogens is 3. The van der Waals surface area contributed by atoms with Gasteiger partial charge in [0.15, 0.2) is 10.8 Å². The largest absolute Gasteiger partial charge is 0.339 e. The van der Waals surface area contributed by atoms with Gasteiger partial charge in [0.25, 0.3) is 5.91 Å². The third-order valence-electron chi connectivity index (χ3n) is 4.36. The Morgan fingerprint density at radius 1 is 1.13 bits per heavy atom. The second kappa shape index (κ2) is 9.10.